The lowest BCUT2D eigenvalue weighted by Crippen LogP contribution is -1.94. The molecule has 0 fully saturated rings. The number of benzene rings is 1. The van der Waals surface area contributed by atoms with E-state index in [-0.39, 0.29) is 0 Å². The fourth-order valence-electron chi connectivity index (χ4n) is 1.33. The van der Waals surface area contributed by atoms with Gasteiger partial charge in [0.1, 0.15) is 0 Å². The molecule has 1 heterocycles. The van der Waals surface area contributed by atoms with E-state index in [4.69, 9.17) is 5.41 Å². The van der Waals surface area contributed by atoms with Crippen molar-refractivity contribution in [2.75, 3.05) is 0 Å². The summed E-state index contributed by atoms with van der Waals surface area (Å²) in [5, 5.41) is 7.58. The molecule has 3 heteroatoms. The van der Waals surface area contributed by atoms with Gasteiger partial charge in [-0.15, -0.1) is 0 Å². The molecule has 13 heavy (non-hydrogen) atoms. The molecule has 0 radical (unpaired) electrons. The Morgan fingerprint density at radius 3 is 2.69 bits per heavy atom. The monoisotopic (exact) mass is 171 g/mol. The van der Waals surface area contributed by atoms with Gasteiger partial charge in [-0.3, -0.25) is 5.41 Å². The zero-order valence-electron chi connectivity index (χ0n) is 7.28. The highest BCUT2D eigenvalue weighted by Gasteiger charge is 2.18. The summed E-state index contributed by atoms with van der Waals surface area (Å²) in [7, 11) is 0. The molecule has 0 unspecified atom stereocenters. The minimum absolute atomic E-state index is 0.302. The number of rotatable bonds is 0. The van der Waals surface area contributed by atoms with Gasteiger partial charge < -0.3 is 0 Å². The number of amidine groups is 2. The molecule has 1 aliphatic rings. The van der Waals surface area contributed by atoms with Gasteiger partial charge >= 0.3 is 0 Å². The van der Waals surface area contributed by atoms with Crippen LogP contribution in [0.4, 0.5) is 0 Å². The summed E-state index contributed by atoms with van der Waals surface area (Å²) in [6.45, 7) is 1.84. The van der Waals surface area contributed by atoms with Crippen LogP contribution in [0.3, 0.4) is 0 Å². The van der Waals surface area contributed by atoms with E-state index in [9.17, 15) is 0 Å². The van der Waals surface area contributed by atoms with Crippen molar-refractivity contribution in [3.05, 3.63) is 35.4 Å². The van der Waals surface area contributed by atoms with Crippen molar-refractivity contribution in [3.8, 4) is 0 Å². The predicted molar refractivity (Wildman–Crippen MR) is 54.0 cm³/mol. The summed E-state index contributed by atoms with van der Waals surface area (Å²) in [5.74, 6) is 0.944. The van der Waals surface area contributed by atoms with Gasteiger partial charge in [-0.1, -0.05) is 24.3 Å². The Morgan fingerprint density at radius 1 is 1.31 bits per heavy atom. The third-order valence-corrected chi connectivity index (χ3v) is 1.89. The second kappa shape index (κ2) is 2.94. The smallest absolute Gasteiger partial charge is 0.162 e. The molecule has 0 aromatic heterocycles. The Hall–Kier alpha value is -1.77. The van der Waals surface area contributed by atoms with Gasteiger partial charge in [0.2, 0.25) is 0 Å². The number of aliphatic imine (C=N–C) groups is 2. The second-order valence-corrected chi connectivity index (χ2v) is 2.72. The zero-order chi connectivity index (χ0) is 9.26. The number of hydrogen-bond donors (Lipinski definition) is 1. The molecule has 1 aromatic rings. The number of fused-ring (bicyclic) bond motifs is 1. The van der Waals surface area contributed by atoms with Gasteiger partial charge in [0.15, 0.2) is 11.7 Å². The van der Waals surface area contributed by atoms with E-state index in [1.54, 1.807) is 6.21 Å². The third kappa shape index (κ3) is 1.18. The topological polar surface area (TPSA) is 48.6 Å². The molecule has 64 valence electrons. The van der Waals surface area contributed by atoms with Crippen molar-refractivity contribution in [2.24, 2.45) is 9.98 Å². The molecule has 2 rings (SSSR count). The van der Waals surface area contributed by atoms with Gasteiger partial charge in [-0.05, 0) is 6.92 Å². The predicted octanol–water partition coefficient (Wildman–Crippen LogP) is 1.86. The van der Waals surface area contributed by atoms with E-state index in [0.29, 0.717) is 11.7 Å². The maximum atomic E-state index is 7.58. The van der Waals surface area contributed by atoms with Crippen molar-refractivity contribution in [1.29, 1.82) is 5.41 Å². The molecular weight excluding hydrogens is 162 g/mol. The van der Waals surface area contributed by atoms with Crippen LogP contribution in [-0.4, -0.2) is 17.9 Å². The fourth-order valence-corrected chi connectivity index (χ4v) is 1.33. The van der Waals surface area contributed by atoms with Gasteiger partial charge in [0.25, 0.3) is 0 Å². The standard InChI is InChI=1S/C10H9N3/c1-2-12-10-8-6-4-3-5-7(8)9(11)13-10/h2-6,11H,1H3. The lowest BCUT2D eigenvalue weighted by Gasteiger charge is -1.95. The van der Waals surface area contributed by atoms with Crippen LogP contribution in [0, 0.1) is 5.41 Å². The van der Waals surface area contributed by atoms with Crippen LogP contribution < -0.4 is 0 Å². The van der Waals surface area contributed by atoms with Crippen molar-refractivity contribution >= 4 is 17.9 Å². The first-order valence-corrected chi connectivity index (χ1v) is 4.08. The van der Waals surface area contributed by atoms with Gasteiger partial charge in [-0.2, -0.15) is 0 Å². The van der Waals surface area contributed by atoms with Gasteiger partial charge in [0.05, 0.1) is 0 Å². The Bertz CT molecular complexity index is 416. The molecule has 1 aromatic carbocycles. The minimum Gasteiger partial charge on any atom is -0.282 e. The highest BCUT2D eigenvalue weighted by atomic mass is 15.0. The minimum atomic E-state index is 0.302. The third-order valence-electron chi connectivity index (χ3n) is 1.89. The molecular formula is C10H9N3. The van der Waals surface area contributed by atoms with Crippen LogP contribution in [0.25, 0.3) is 0 Å². The average Bonchev–Trinajstić information content (AvgIpc) is 2.46. The van der Waals surface area contributed by atoms with Crippen LogP contribution in [0.1, 0.15) is 18.1 Å². The number of hydrogen-bond acceptors (Lipinski definition) is 2. The van der Waals surface area contributed by atoms with Crippen LogP contribution in [-0.2, 0) is 0 Å². The summed E-state index contributed by atoms with van der Waals surface area (Å²) >= 11 is 0. The molecule has 1 N–H and O–H groups in total. The Labute approximate surface area is 76.4 Å². The SMILES string of the molecule is CC=NC1=NC(=N)c2ccccc21. The van der Waals surface area contributed by atoms with E-state index in [0.717, 1.165) is 11.1 Å². The normalized spacial score (nSPS) is 14.8. The lowest BCUT2D eigenvalue weighted by atomic mass is 10.1. The number of nitrogens with zero attached hydrogens (tertiary/aromatic N) is 2. The lowest BCUT2D eigenvalue weighted by molar-refractivity contribution is 1.45. The highest BCUT2D eigenvalue weighted by molar-refractivity contribution is 6.22. The van der Waals surface area contributed by atoms with E-state index in [1.807, 2.05) is 31.2 Å². The molecule has 0 amide bonds. The van der Waals surface area contributed by atoms with E-state index in [2.05, 4.69) is 9.98 Å². The van der Waals surface area contributed by atoms with Gasteiger partial charge in [0, 0.05) is 17.3 Å². The summed E-state index contributed by atoms with van der Waals surface area (Å²) in [4.78, 5) is 8.15. The summed E-state index contributed by atoms with van der Waals surface area (Å²) in [5.41, 5.74) is 1.81. The molecule has 0 spiro atoms. The quantitative estimate of drug-likeness (QED) is 0.579. The van der Waals surface area contributed by atoms with Crippen molar-refractivity contribution in [1.82, 2.24) is 0 Å². The zero-order valence-corrected chi connectivity index (χ0v) is 7.28. The molecule has 0 saturated carbocycles. The first kappa shape index (κ1) is 7.86. The largest absolute Gasteiger partial charge is 0.282 e. The van der Waals surface area contributed by atoms with Crippen molar-refractivity contribution < 1.29 is 0 Å². The summed E-state index contributed by atoms with van der Waals surface area (Å²) in [6.07, 6.45) is 1.69. The van der Waals surface area contributed by atoms with Crippen LogP contribution in [0.2, 0.25) is 0 Å². The fraction of sp³-hybridized carbons (Fsp3) is 0.100. The maximum absolute atomic E-state index is 7.58. The Morgan fingerprint density at radius 2 is 2.00 bits per heavy atom. The summed E-state index contributed by atoms with van der Waals surface area (Å²) in [6, 6.07) is 7.65. The molecule has 0 aliphatic carbocycles. The molecule has 0 saturated heterocycles. The van der Waals surface area contributed by atoms with Crippen molar-refractivity contribution in [2.45, 2.75) is 6.92 Å². The van der Waals surface area contributed by atoms with Crippen molar-refractivity contribution in [3.63, 3.8) is 0 Å². The van der Waals surface area contributed by atoms with E-state index >= 15 is 0 Å². The van der Waals surface area contributed by atoms with Gasteiger partial charge in [-0.25, -0.2) is 9.98 Å². The maximum Gasteiger partial charge on any atom is 0.162 e. The van der Waals surface area contributed by atoms with E-state index < -0.39 is 0 Å². The first-order chi connectivity index (χ1) is 6.33. The number of nitrogens with one attached hydrogen (secondary N) is 1. The van der Waals surface area contributed by atoms with Crippen LogP contribution in [0.15, 0.2) is 34.3 Å². The highest BCUT2D eigenvalue weighted by Crippen LogP contribution is 2.18. The first-order valence-electron chi connectivity index (χ1n) is 4.08. The van der Waals surface area contributed by atoms with E-state index in [1.165, 1.54) is 0 Å². The Balaban J connectivity index is 2.57. The van der Waals surface area contributed by atoms with Crippen LogP contribution >= 0.6 is 0 Å². The summed E-state index contributed by atoms with van der Waals surface area (Å²) < 4.78 is 0. The van der Waals surface area contributed by atoms with Crippen LogP contribution in [0.5, 0.6) is 0 Å². The second-order valence-electron chi connectivity index (χ2n) is 2.72. The molecule has 3 nitrogen and oxygen atoms in total. The molecule has 1 aliphatic heterocycles. The Kier molecular flexibility index (Phi) is 1.77. The molecule has 0 bridgehead atoms. The molecule has 0 atom stereocenters. The average molecular weight is 171 g/mol.